The maximum Gasteiger partial charge on any atom is 0.328 e. The van der Waals surface area contributed by atoms with Crippen molar-refractivity contribution < 1.29 is 28.7 Å². The minimum absolute atomic E-state index is 0.185. The van der Waals surface area contributed by atoms with Gasteiger partial charge in [0.2, 0.25) is 23.6 Å². The number of imidazole rings is 1. The van der Waals surface area contributed by atoms with E-state index < -0.39 is 48.2 Å². The molecule has 37 heavy (non-hydrogen) atoms. The van der Waals surface area contributed by atoms with Crippen molar-refractivity contribution in [3.05, 3.63) is 54.1 Å². The minimum Gasteiger partial charge on any atom is -0.464 e. The van der Waals surface area contributed by atoms with Crippen LogP contribution in [0.1, 0.15) is 32.0 Å². The predicted molar refractivity (Wildman–Crippen MR) is 134 cm³/mol. The molecule has 3 atom stereocenters. The third-order valence-corrected chi connectivity index (χ3v) is 5.33. The highest BCUT2D eigenvalue weighted by Crippen LogP contribution is 2.08. The first-order valence-corrected chi connectivity index (χ1v) is 12.0. The molecule has 2 rings (SSSR count). The van der Waals surface area contributed by atoms with E-state index in [2.05, 4.69) is 31.2 Å². The number of hydrogen-bond acceptors (Lipinski definition) is 7. The van der Waals surface area contributed by atoms with E-state index in [4.69, 9.17) is 4.74 Å². The first kappa shape index (κ1) is 29.0. The van der Waals surface area contributed by atoms with Gasteiger partial charge < -0.3 is 31.0 Å². The molecule has 0 fully saturated rings. The van der Waals surface area contributed by atoms with Crippen molar-refractivity contribution in [1.82, 2.24) is 31.2 Å². The Morgan fingerprint density at radius 1 is 0.919 bits per heavy atom. The number of carbonyl (C=O) groups excluding carboxylic acids is 5. The van der Waals surface area contributed by atoms with Crippen LogP contribution >= 0.6 is 0 Å². The molecule has 1 heterocycles. The fourth-order valence-corrected chi connectivity index (χ4v) is 3.34. The van der Waals surface area contributed by atoms with Crippen molar-refractivity contribution in [2.45, 2.75) is 45.7 Å². The molecule has 1 aromatic heterocycles. The third kappa shape index (κ3) is 10.5. The fourth-order valence-electron chi connectivity index (χ4n) is 3.34. The van der Waals surface area contributed by atoms with Gasteiger partial charge in [-0.3, -0.25) is 19.2 Å². The number of H-pyrrole nitrogens is 1. The van der Waals surface area contributed by atoms with Crippen molar-refractivity contribution in [3.8, 4) is 0 Å². The zero-order valence-corrected chi connectivity index (χ0v) is 21.2. The largest absolute Gasteiger partial charge is 0.464 e. The monoisotopic (exact) mass is 514 g/mol. The van der Waals surface area contributed by atoms with Crippen LogP contribution in [-0.4, -0.2) is 71.3 Å². The number of nitrogens with zero attached hydrogens (tertiary/aromatic N) is 1. The average molecular weight is 515 g/mol. The van der Waals surface area contributed by atoms with E-state index in [1.807, 2.05) is 30.3 Å². The van der Waals surface area contributed by atoms with Gasteiger partial charge in [-0.25, -0.2) is 9.78 Å². The van der Waals surface area contributed by atoms with Crippen molar-refractivity contribution in [2.75, 3.05) is 19.7 Å². The topological polar surface area (TPSA) is 171 Å². The Hall–Kier alpha value is -4.22. The van der Waals surface area contributed by atoms with Crippen LogP contribution in [-0.2, 0) is 41.6 Å². The van der Waals surface area contributed by atoms with Gasteiger partial charge in [0.25, 0.3) is 0 Å². The van der Waals surface area contributed by atoms with Crippen LogP contribution in [0.25, 0.3) is 0 Å². The Kier molecular flexibility index (Phi) is 11.8. The summed E-state index contributed by atoms with van der Waals surface area (Å²) in [6, 6.07) is 7.40. The fraction of sp³-hybridized carbons (Fsp3) is 0.440. The first-order valence-electron chi connectivity index (χ1n) is 12.0. The van der Waals surface area contributed by atoms with E-state index in [1.165, 1.54) is 13.3 Å². The van der Waals surface area contributed by atoms with Crippen molar-refractivity contribution in [3.63, 3.8) is 0 Å². The second-order valence-electron chi connectivity index (χ2n) is 8.47. The third-order valence-electron chi connectivity index (χ3n) is 5.33. The normalized spacial score (nSPS) is 12.9. The number of aromatic amines is 1. The molecule has 3 unspecified atom stereocenters. The number of hydrogen-bond donors (Lipinski definition) is 5. The van der Waals surface area contributed by atoms with Gasteiger partial charge in [0.05, 0.1) is 26.0 Å². The van der Waals surface area contributed by atoms with Gasteiger partial charge >= 0.3 is 5.97 Å². The minimum atomic E-state index is -0.916. The maximum absolute atomic E-state index is 12.9. The van der Waals surface area contributed by atoms with Crippen LogP contribution in [0.5, 0.6) is 0 Å². The number of esters is 1. The summed E-state index contributed by atoms with van der Waals surface area (Å²) in [5, 5.41) is 10.1. The van der Waals surface area contributed by atoms with Crippen molar-refractivity contribution >= 4 is 29.6 Å². The summed E-state index contributed by atoms with van der Waals surface area (Å²) < 4.78 is 4.81. The number of benzene rings is 1. The number of amides is 4. The van der Waals surface area contributed by atoms with Crippen LogP contribution in [0.15, 0.2) is 42.9 Å². The zero-order valence-electron chi connectivity index (χ0n) is 21.2. The molecular weight excluding hydrogens is 480 g/mol. The van der Waals surface area contributed by atoms with E-state index in [9.17, 15) is 24.0 Å². The highest BCUT2D eigenvalue weighted by molar-refractivity contribution is 5.92. The van der Waals surface area contributed by atoms with E-state index in [0.717, 1.165) is 11.3 Å². The molecule has 0 saturated heterocycles. The standard InChI is InChI=1S/C25H34N6O6/c1-4-37-25(36)17(3)30-22(33)14-27-21(32)13-28-24(35)20(11-18-8-6-5-7-9-18)31-23(34)16(2)10-19-12-26-15-29-19/h5-9,12,15-17,20H,4,10-11,13-14H2,1-3H3,(H,26,29)(H,27,32)(H,28,35)(H,30,33)(H,31,34). The summed E-state index contributed by atoms with van der Waals surface area (Å²) >= 11 is 0. The lowest BCUT2D eigenvalue weighted by molar-refractivity contribution is -0.146. The molecule has 0 saturated carbocycles. The van der Waals surface area contributed by atoms with Crippen molar-refractivity contribution in [1.29, 1.82) is 0 Å². The molecule has 5 N–H and O–H groups in total. The van der Waals surface area contributed by atoms with Gasteiger partial charge in [-0.2, -0.15) is 0 Å². The van der Waals surface area contributed by atoms with E-state index in [0.29, 0.717) is 6.42 Å². The Balaban J connectivity index is 1.88. The molecule has 0 aliphatic heterocycles. The van der Waals surface area contributed by atoms with E-state index >= 15 is 0 Å². The van der Waals surface area contributed by atoms with Gasteiger partial charge in [0.1, 0.15) is 12.1 Å². The Morgan fingerprint density at radius 3 is 2.27 bits per heavy atom. The summed E-state index contributed by atoms with van der Waals surface area (Å²) in [5.74, 6) is -3.06. The molecule has 2 aromatic rings. The number of ether oxygens (including phenoxy) is 1. The lowest BCUT2D eigenvalue weighted by atomic mass is 10.0. The second-order valence-corrected chi connectivity index (χ2v) is 8.47. The smallest absolute Gasteiger partial charge is 0.328 e. The number of carbonyl (C=O) groups is 5. The quantitative estimate of drug-likeness (QED) is 0.214. The molecule has 0 spiro atoms. The van der Waals surface area contributed by atoms with Gasteiger partial charge in [-0.15, -0.1) is 0 Å². The van der Waals surface area contributed by atoms with E-state index in [1.54, 1.807) is 20.0 Å². The SMILES string of the molecule is CCOC(=O)C(C)NC(=O)CNC(=O)CNC(=O)C(Cc1ccccc1)NC(=O)C(C)Cc1cnc[nH]1. The average Bonchev–Trinajstić information content (AvgIpc) is 3.39. The van der Waals surface area contributed by atoms with Gasteiger partial charge in [0, 0.05) is 30.7 Å². The summed E-state index contributed by atoms with van der Waals surface area (Å²) in [6.45, 7) is 4.27. The lowest BCUT2D eigenvalue weighted by Crippen LogP contribution is -2.52. The van der Waals surface area contributed by atoms with Crippen LogP contribution in [0.2, 0.25) is 0 Å². The van der Waals surface area contributed by atoms with Crippen LogP contribution < -0.4 is 21.3 Å². The Morgan fingerprint density at radius 2 is 1.62 bits per heavy atom. The van der Waals surface area contributed by atoms with Crippen LogP contribution in [0, 0.1) is 5.92 Å². The van der Waals surface area contributed by atoms with Crippen LogP contribution in [0.3, 0.4) is 0 Å². The summed E-state index contributed by atoms with van der Waals surface area (Å²) in [7, 11) is 0. The summed E-state index contributed by atoms with van der Waals surface area (Å²) in [5.41, 5.74) is 1.63. The Labute approximate surface area is 215 Å². The number of aromatic nitrogens is 2. The molecule has 200 valence electrons. The highest BCUT2D eigenvalue weighted by atomic mass is 16.5. The second kappa shape index (κ2) is 15.0. The van der Waals surface area contributed by atoms with Crippen molar-refractivity contribution in [2.24, 2.45) is 5.92 Å². The van der Waals surface area contributed by atoms with Crippen LogP contribution in [0.4, 0.5) is 0 Å². The molecule has 0 radical (unpaired) electrons. The lowest BCUT2D eigenvalue weighted by Gasteiger charge is -2.21. The van der Waals surface area contributed by atoms with Gasteiger partial charge in [-0.05, 0) is 19.4 Å². The molecule has 0 aliphatic rings. The summed E-state index contributed by atoms with van der Waals surface area (Å²) in [4.78, 5) is 68.3. The predicted octanol–water partition coefficient (Wildman–Crippen LogP) is -0.384. The first-order chi connectivity index (χ1) is 17.7. The zero-order chi connectivity index (χ0) is 27.2. The van der Waals surface area contributed by atoms with Gasteiger partial charge in [0.15, 0.2) is 0 Å². The van der Waals surface area contributed by atoms with Gasteiger partial charge in [-0.1, -0.05) is 37.3 Å². The molecule has 1 aromatic carbocycles. The molecule has 0 aliphatic carbocycles. The molecule has 12 nitrogen and oxygen atoms in total. The molecular formula is C25H34N6O6. The Bertz CT molecular complexity index is 1040. The maximum atomic E-state index is 12.9. The van der Waals surface area contributed by atoms with E-state index in [-0.39, 0.29) is 25.5 Å². The number of rotatable bonds is 14. The molecule has 12 heteroatoms. The number of nitrogens with one attached hydrogen (secondary N) is 5. The molecule has 0 bridgehead atoms. The summed E-state index contributed by atoms with van der Waals surface area (Å²) in [6.07, 6.45) is 3.81. The highest BCUT2D eigenvalue weighted by Gasteiger charge is 2.25. The molecule has 4 amide bonds.